The zero-order chi connectivity index (χ0) is 11.4. The van der Waals surface area contributed by atoms with E-state index in [2.05, 4.69) is 6.92 Å². The van der Waals surface area contributed by atoms with Crippen molar-refractivity contribution in [2.45, 2.75) is 13.0 Å². The molecule has 2 unspecified atom stereocenters. The van der Waals surface area contributed by atoms with Crippen LogP contribution in [0.3, 0.4) is 0 Å². The predicted octanol–water partition coefficient (Wildman–Crippen LogP) is -3.73. The van der Waals surface area contributed by atoms with Crippen LogP contribution in [0.25, 0.3) is 0 Å². The molecular formula is C7H15NaO6S. The van der Waals surface area contributed by atoms with Gasteiger partial charge in [-0.2, -0.15) is 0 Å². The number of hydrogen-bond donors (Lipinski definition) is 3. The van der Waals surface area contributed by atoms with Crippen molar-refractivity contribution in [3.05, 3.63) is 12.2 Å². The van der Waals surface area contributed by atoms with E-state index >= 15 is 0 Å². The molecule has 1 rings (SSSR count). The zero-order valence-corrected chi connectivity index (χ0v) is 11.6. The van der Waals surface area contributed by atoms with Gasteiger partial charge in [0.05, 0.1) is 37.3 Å². The average molecular weight is 250 g/mol. The normalized spacial score (nSPS) is 18.9. The van der Waals surface area contributed by atoms with Crippen LogP contribution < -0.4 is 29.6 Å². The molecule has 2 atom stereocenters. The van der Waals surface area contributed by atoms with Gasteiger partial charge in [-0.3, -0.25) is 0 Å². The van der Waals surface area contributed by atoms with Crippen LogP contribution in [0.5, 0.6) is 0 Å². The largest absolute Gasteiger partial charge is 1.00 e. The van der Waals surface area contributed by atoms with Gasteiger partial charge in [0.15, 0.2) is 0 Å². The summed E-state index contributed by atoms with van der Waals surface area (Å²) in [7, 11) is 0. The van der Waals surface area contributed by atoms with Crippen molar-refractivity contribution in [1.29, 1.82) is 0 Å². The summed E-state index contributed by atoms with van der Waals surface area (Å²) in [5.41, 5.74) is 0. The van der Waals surface area contributed by atoms with Crippen molar-refractivity contribution < 1.29 is 57.8 Å². The molecule has 6 nitrogen and oxygen atoms in total. The summed E-state index contributed by atoms with van der Waals surface area (Å²) < 4.78 is 28.8. The zero-order valence-electron chi connectivity index (χ0n) is 8.83. The van der Waals surface area contributed by atoms with Gasteiger partial charge in [-0.1, -0.05) is 12.2 Å². The minimum atomic E-state index is -2.86. The van der Waals surface area contributed by atoms with E-state index in [1.807, 2.05) is 0 Å². The molecule has 0 saturated carbocycles. The molecule has 8 heteroatoms. The quantitative estimate of drug-likeness (QED) is 0.201. The van der Waals surface area contributed by atoms with Crippen molar-refractivity contribution in [2.75, 3.05) is 19.8 Å². The maximum atomic E-state index is 8.56. The Morgan fingerprint density at radius 3 is 1.73 bits per heavy atom. The molecule has 1 aliphatic heterocycles. The number of hydrogen-bond acceptors (Lipinski definition) is 5. The second kappa shape index (κ2) is 17.1. The van der Waals surface area contributed by atoms with Crippen LogP contribution in [0.2, 0.25) is 0 Å². The average Bonchev–Trinajstić information content (AvgIpc) is 2.84. The summed E-state index contributed by atoms with van der Waals surface area (Å²) in [5.74, 6) is 0. The Kier molecular flexibility index (Phi) is 24.0. The molecule has 0 spiro atoms. The summed E-state index contributed by atoms with van der Waals surface area (Å²) in [4.78, 5) is 0. The summed E-state index contributed by atoms with van der Waals surface area (Å²) in [6.07, 6.45) is 3.56. The van der Waals surface area contributed by atoms with Gasteiger partial charge in [0, 0.05) is 0 Å². The van der Waals surface area contributed by atoms with Gasteiger partial charge in [0.1, 0.15) is 0 Å². The molecule has 15 heavy (non-hydrogen) atoms. The fourth-order valence-electron chi connectivity index (χ4n) is 0.245. The van der Waals surface area contributed by atoms with Crippen molar-refractivity contribution >= 4 is 11.4 Å². The topological polar surface area (TPSA) is 113 Å². The third-order valence-electron chi connectivity index (χ3n) is 0.877. The Balaban J connectivity index is -0.000000143. The predicted molar refractivity (Wildman–Crippen MR) is 50.3 cm³/mol. The molecule has 1 heterocycles. The number of epoxide rings is 1. The fourth-order valence-corrected chi connectivity index (χ4v) is 0.245. The van der Waals surface area contributed by atoms with Crippen LogP contribution >= 0.6 is 0 Å². The van der Waals surface area contributed by atoms with Gasteiger partial charge in [-0.25, -0.2) is 4.21 Å². The third-order valence-corrected chi connectivity index (χ3v) is 0.877. The van der Waals surface area contributed by atoms with Crippen molar-refractivity contribution in [2.24, 2.45) is 0 Å². The molecule has 1 aliphatic rings. The van der Waals surface area contributed by atoms with Crippen LogP contribution in [0.4, 0.5) is 0 Å². The summed E-state index contributed by atoms with van der Waals surface area (Å²) in [6, 6.07) is 0. The standard InChI is InChI=1S/C4H8O2.C3H6O.Na.H2O3S/c5-3-1-2-4-6;1-3-2-4-3;;1-4(2)3/h1-2,5-6H,3-4H2;3H,2H2,1H3;;(H2,1,2,3)/q;;+1;/p-1/b2-1+;;;. The van der Waals surface area contributed by atoms with E-state index in [1.54, 1.807) is 0 Å². The van der Waals surface area contributed by atoms with E-state index in [4.69, 9.17) is 28.3 Å². The van der Waals surface area contributed by atoms with Gasteiger partial charge in [-0.15, -0.1) is 0 Å². The molecule has 0 aliphatic carbocycles. The van der Waals surface area contributed by atoms with Crippen LogP contribution in [-0.2, 0) is 16.1 Å². The first-order valence-electron chi connectivity index (χ1n) is 3.81. The van der Waals surface area contributed by atoms with Gasteiger partial charge >= 0.3 is 29.6 Å². The van der Waals surface area contributed by atoms with Crippen LogP contribution in [-0.4, -0.2) is 49.5 Å². The van der Waals surface area contributed by atoms with Gasteiger partial charge in [-0.05, 0) is 6.92 Å². The summed E-state index contributed by atoms with van der Waals surface area (Å²) in [5, 5.41) is 16.0. The Bertz CT molecular complexity index is 152. The molecule has 1 saturated heterocycles. The minimum Gasteiger partial charge on any atom is -0.750 e. The molecular weight excluding hydrogens is 235 g/mol. The molecule has 0 radical (unpaired) electrons. The molecule has 0 aromatic heterocycles. The maximum Gasteiger partial charge on any atom is 1.00 e. The SMILES string of the molecule is CC1CO1.O=S([O-])O.OC/C=C/CO.[Na+]. The van der Waals surface area contributed by atoms with E-state index in [0.717, 1.165) is 6.61 Å². The number of rotatable bonds is 2. The van der Waals surface area contributed by atoms with Crippen molar-refractivity contribution in [3.63, 3.8) is 0 Å². The number of aliphatic hydroxyl groups is 2. The molecule has 1 fully saturated rings. The van der Waals surface area contributed by atoms with Crippen molar-refractivity contribution in [1.82, 2.24) is 0 Å². The molecule has 86 valence electrons. The van der Waals surface area contributed by atoms with Crippen molar-refractivity contribution in [3.8, 4) is 0 Å². The monoisotopic (exact) mass is 250 g/mol. The molecule has 0 aromatic rings. The fraction of sp³-hybridized carbons (Fsp3) is 0.714. The van der Waals surface area contributed by atoms with E-state index < -0.39 is 11.4 Å². The van der Waals surface area contributed by atoms with E-state index in [1.165, 1.54) is 12.2 Å². The molecule has 0 amide bonds. The first-order valence-corrected chi connectivity index (χ1v) is 4.84. The third kappa shape index (κ3) is 52.9. The smallest absolute Gasteiger partial charge is 0.750 e. The maximum absolute atomic E-state index is 8.56. The molecule has 3 N–H and O–H groups in total. The van der Waals surface area contributed by atoms with E-state index in [9.17, 15) is 0 Å². The minimum absolute atomic E-state index is 0. The Morgan fingerprint density at radius 2 is 1.67 bits per heavy atom. The summed E-state index contributed by atoms with van der Waals surface area (Å²) >= 11 is -2.86. The second-order valence-corrected chi connectivity index (χ2v) is 2.63. The second-order valence-electron chi connectivity index (χ2n) is 2.20. The number of ether oxygens (including phenoxy) is 1. The van der Waals surface area contributed by atoms with Crippen LogP contribution in [0.15, 0.2) is 12.2 Å². The number of aliphatic hydroxyl groups excluding tert-OH is 2. The Morgan fingerprint density at radius 1 is 1.47 bits per heavy atom. The van der Waals surface area contributed by atoms with Gasteiger partial charge in [0.2, 0.25) is 0 Å². The van der Waals surface area contributed by atoms with Crippen LogP contribution in [0, 0.1) is 0 Å². The first-order chi connectivity index (χ1) is 6.54. The van der Waals surface area contributed by atoms with E-state index in [-0.39, 0.29) is 42.8 Å². The first kappa shape index (κ1) is 21.0. The molecule has 0 aromatic carbocycles. The summed E-state index contributed by atoms with van der Waals surface area (Å²) in [6.45, 7) is 3.07. The Hall–Kier alpha value is 0.690. The van der Waals surface area contributed by atoms with Gasteiger partial charge < -0.3 is 24.1 Å². The van der Waals surface area contributed by atoms with Gasteiger partial charge in [0.25, 0.3) is 0 Å². The van der Waals surface area contributed by atoms with Crippen LogP contribution in [0.1, 0.15) is 6.92 Å². The molecule has 0 bridgehead atoms. The Labute approximate surface area is 114 Å². The van der Waals surface area contributed by atoms with E-state index in [0.29, 0.717) is 6.10 Å².